The molecule has 3 heteroatoms. The van der Waals surface area contributed by atoms with E-state index in [0.29, 0.717) is 12.5 Å². The molecule has 0 saturated heterocycles. The Bertz CT molecular complexity index is 136. The molecule has 1 aliphatic rings. The Balaban J connectivity index is 2.18. The first-order valence-electron chi connectivity index (χ1n) is 3.46. The van der Waals surface area contributed by atoms with E-state index < -0.39 is 0 Å². The van der Waals surface area contributed by atoms with Gasteiger partial charge < -0.3 is 4.52 Å². The Kier molecular flexibility index (Phi) is 3.69. The average Bonchev–Trinajstić information content (AvgIpc) is 2.31. The monoisotopic (exact) mass is 178 g/mol. The molecular weight excluding hydrogens is 167 g/mol. The van der Waals surface area contributed by atoms with Gasteiger partial charge in [-0.1, -0.05) is 5.57 Å². The van der Waals surface area contributed by atoms with Gasteiger partial charge in [-0.25, -0.2) is 0 Å². The molecule has 0 N–H and O–H groups in total. The summed E-state index contributed by atoms with van der Waals surface area (Å²) in [4.78, 5) is 0. The van der Waals surface area contributed by atoms with Gasteiger partial charge >= 0.3 is 0 Å². The van der Waals surface area contributed by atoms with Crippen molar-refractivity contribution in [2.24, 2.45) is 0 Å². The van der Waals surface area contributed by atoms with Crippen molar-refractivity contribution < 1.29 is 4.52 Å². The molecule has 0 radical (unpaired) electrons. The normalized spacial score (nSPS) is 25.0. The first-order valence-corrected chi connectivity index (χ1v) is 5.50. The van der Waals surface area contributed by atoms with Crippen LogP contribution in [0.25, 0.3) is 0 Å². The van der Waals surface area contributed by atoms with Gasteiger partial charge in [0.2, 0.25) is 0 Å². The Morgan fingerprint density at radius 2 is 2.60 bits per heavy atom. The third-order valence-corrected chi connectivity index (χ3v) is 3.49. The van der Waals surface area contributed by atoms with Crippen molar-refractivity contribution in [2.45, 2.75) is 13.3 Å². The minimum absolute atomic E-state index is 0.237. The van der Waals surface area contributed by atoms with Crippen LogP contribution in [0.15, 0.2) is 11.4 Å². The summed E-state index contributed by atoms with van der Waals surface area (Å²) < 4.78 is 5.48. The van der Waals surface area contributed by atoms with Crippen molar-refractivity contribution in [1.82, 2.24) is 0 Å². The minimum atomic E-state index is -0.237. The number of alkyl halides is 1. The van der Waals surface area contributed by atoms with Crippen LogP contribution in [0.4, 0.5) is 0 Å². The Morgan fingerprint density at radius 1 is 1.80 bits per heavy atom. The molecule has 0 aromatic rings. The van der Waals surface area contributed by atoms with Gasteiger partial charge in [-0.2, -0.15) is 0 Å². The Labute approximate surface area is 68.2 Å². The zero-order valence-corrected chi connectivity index (χ0v) is 7.79. The zero-order valence-electron chi connectivity index (χ0n) is 6.14. The van der Waals surface area contributed by atoms with Crippen LogP contribution in [0.5, 0.6) is 0 Å². The summed E-state index contributed by atoms with van der Waals surface area (Å²) in [6.07, 6.45) is 2.42. The van der Waals surface area contributed by atoms with Crippen molar-refractivity contribution in [3.8, 4) is 0 Å². The molecule has 0 aromatic carbocycles. The number of hydrogen-bond donors (Lipinski definition) is 0. The van der Waals surface area contributed by atoms with Crippen molar-refractivity contribution >= 4 is 19.7 Å². The molecule has 1 rings (SSSR count). The predicted octanol–water partition coefficient (Wildman–Crippen LogP) is 2.95. The van der Waals surface area contributed by atoms with Crippen LogP contribution in [-0.4, -0.2) is 18.6 Å². The molecule has 1 heterocycles. The fourth-order valence-corrected chi connectivity index (χ4v) is 2.95. The van der Waals surface area contributed by atoms with E-state index in [1.54, 1.807) is 0 Å². The van der Waals surface area contributed by atoms with Crippen molar-refractivity contribution in [1.29, 1.82) is 0 Å². The molecule has 0 spiro atoms. The topological polar surface area (TPSA) is 9.23 Å². The second-order valence-corrected chi connectivity index (χ2v) is 4.56. The van der Waals surface area contributed by atoms with E-state index in [4.69, 9.17) is 16.1 Å². The van der Waals surface area contributed by atoms with Gasteiger partial charge in [0, 0.05) is 5.88 Å². The summed E-state index contributed by atoms with van der Waals surface area (Å²) in [5.74, 6) is 2.87. The first-order chi connectivity index (χ1) is 4.83. The third kappa shape index (κ3) is 2.57. The van der Waals surface area contributed by atoms with Crippen LogP contribution >= 0.6 is 19.7 Å². The maximum absolute atomic E-state index is 5.48. The fourth-order valence-electron chi connectivity index (χ4n) is 0.915. The van der Waals surface area contributed by atoms with Crippen LogP contribution in [0.2, 0.25) is 0 Å². The number of rotatable bonds is 3. The molecule has 0 aliphatic carbocycles. The Hall–Kier alpha value is 0.420. The lowest BCUT2D eigenvalue weighted by molar-refractivity contribution is 0.386. The summed E-state index contributed by atoms with van der Waals surface area (Å²) in [6, 6.07) is 0. The van der Waals surface area contributed by atoms with E-state index in [-0.39, 0.29) is 8.15 Å². The molecule has 1 unspecified atom stereocenters. The summed E-state index contributed by atoms with van der Waals surface area (Å²) in [5.41, 5.74) is 1.47. The lowest BCUT2D eigenvalue weighted by Gasteiger charge is -2.05. The van der Waals surface area contributed by atoms with E-state index in [1.165, 1.54) is 18.2 Å². The van der Waals surface area contributed by atoms with E-state index in [9.17, 15) is 0 Å². The molecule has 58 valence electrons. The van der Waals surface area contributed by atoms with Gasteiger partial charge in [0.15, 0.2) is 0 Å². The maximum Gasteiger partial charge on any atom is 0.0648 e. The van der Waals surface area contributed by atoms with E-state index in [1.807, 2.05) is 0 Å². The predicted molar refractivity (Wildman–Crippen MR) is 46.8 cm³/mol. The van der Waals surface area contributed by atoms with E-state index >= 15 is 0 Å². The molecule has 1 atom stereocenters. The van der Waals surface area contributed by atoms with Gasteiger partial charge in [-0.05, 0) is 25.3 Å². The molecule has 0 bridgehead atoms. The van der Waals surface area contributed by atoms with Crippen LogP contribution in [0.3, 0.4) is 0 Å². The van der Waals surface area contributed by atoms with Gasteiger partial charge in [-0.3, -0.25) is 0 Å². The average molecular weight is 179 g/mol. The van der Waals surface area contributed by atoms with Crippen molar-refractivity contribution in [3.05, 3.63) is 11.4 Å². The highest BCUT2D eigenvalue weighted by atomic mass is 35.5. The van der Waals surface area contributed by atoms with Crippen LogP contribution in [-0.2, 0) is 4.52 Å². The lowest BCUT2D eigenvalue weighted by atomic mass is 10.3. The van der Waals surface area contributed by atoms with Gasteiger partial charge in [0.05, 0.1) is 14.8 Å². The van der Waals surface area contributed by atoms with E-state index in [0.717, 1.165) is 0 Å². The van der Waals surface area contributed by atoms with Gasteiger partial charge in [-0.15, -0.1) is 11.6 Å². The summed E-state index contributed by atoms with van der Waals surface area (Å²) in [7, 11) is -0.237. The maximum atomic E-state index is 5.48. The summed E-state index contributed by atoms with van der Waals surface area (Å²) in [6.45, 7) is 2.86. The number of halogens is 1. The van der Waals surface area contributed by atoms with Crippen LogP contribution in [0, 0.1) is 0 Å². The molecule has 0 amide bonds. The van der Waals surface area contributed by atoms with Crippen LogP contribution in [0.1, 0.15) is 13.3 Å². The molecule has 1 nitrogen and oxygen atoms in total. The largest absolute Gasteiger partial charge is 0.354 e. The minimum Gasteiger partial charge on any atom is -0.354 e. The zero-order chi connectivity index (χ0) is 7.40. The Morgan fingerprint density at radius 3 is 3.10 bits per heavy atom. The highest BCUT2D eigenvalue weighted by Gasteiger charge is 2.12. The van der Waals surface area contributed by atoms with Crippen molar-refractivity contribution in [2.75, 3.05) is 18.6 Å². The number of hydrogen-bond acceptors (Lipinski definition) is 1. The van der Waals surface area contributed by atoms with Gasteiger partial charge in [0.1, 0.15) is 0 Å². The smallest absolute Gasteiger partial charge is 0.0648 e. The quantitative estimate of drug-likeness (QED) is 0.477. The molecule has 0 fully saturated rings. The highest BCUT2D eigenvalue weighted by Crippen LogP contribution is 2.46. The first kappa shape index (κ1) is 8.52. The molecular formula is C7H12ClOP. The standard InChI is InChI=1S/C7H12ClOP/c1-7-2-5-10(6-7)9-4-3-8/h6H,2-5H2,1H3. The van der Waals surface area contributed by atoms with Crippen molar-refractivity contribution in [3.63, 3.8) is 0 Å². The molecule has 0 saturated carbocycles. The van der Waals surface area contributed by atoms with Crippen LogP contribution < -0.4 is 0 Å². The second-order valence-electron chi connectivity index (χ2n) is 2.39. The molecule has 0 aromatic heterocycles. The summed E-state index contributed by atoms with van der Waals surface area (Å²) in [5, 5.41) is 0. The molecule has 10 heavy (non-hydrogen) atoms. The highest BCUT2D eigenvalue weighted by molar-refractivity contribution is 7.56. The summed E-state index contributed by atoms with van der Waals surface area (Å²) >= 11 is 5.48. The third-order valence-electron chi connectivity index (χ3n) is 1.43. The fraction of sp³-hybridized carbons (Fsp3) is 0.714. The second kappa shape index (κ2) is 4.33. The SMILES string of the molecule is CC1=CP(OCCCl)CC1. The van der Waals surface area contributed by atoms with Gasteiger partial charge in [0.25, 0.3) is 0 Å². The number of allylic oxidation sites excluding steroid dienone is 1. The van der Waals surface area contributed by atoms with E-state index in [2.05, 4.69) is 12.7 Å². The lowest BCUT2D eigenvalue weighted by Crippen LogP contribution is -1.88. The molecule has 1 aliphatic heterocycles.